The van der Waals surface area contributed by atoms with Crippen molar-refractivity contribution in [2.75, 3.05) is 26.3 Å². The molecule has 1 heterocycles. The molecule has 6 nitrogen and oxygen atoms in total. The van der Waals surface area contributed by atoms with Crippen LogP contribution in [0.2, 0.25) is 0 Å². The highest BCUT2D eigenvalue weighted by molar-refractivity contribution is 5.77. The Balaban J connectivity index is 1.73. The molecule has 0 aliphatic heterocycles. The van der Waals surface area contributed by atoms with Crippen LogP contribution in [0.3, 0.4) is 0 Å². The van der Waals surface area contributed by atoms with Crippen molar-refractivity contribution in [2.24, 2.45) is 10.7 Å². The number of aromatic nitrogens is 1. The molecule has 0 aliphatic carbocycles. The highest BCUT2D eigenvalue weighted by Crippen LogP contribution is 2.19. The van der Waals surface area contributed by atoms with E-state index in [1.165, 1.54) is 5.56 Å². The third kappa shape index (κ3) is 6.04. The molecule has 0 atom stereocenters. The molecule has 1 aromatic carbocycles. The summed E-state index contributed by atoms with van der Waals surface area (Å²) in [4.78, 5) is 8.75. The zero-order valence-electron chi connectivity index (χ0n) is 14.4. The average Bonchev–Trinajstić information content (AvgIpc) is 3.04. The van der Waals surface area contributed by atoms with Gasteiger partial charge in [0.25, 0.3) is 0 Å². The van der Waals surface area contributed by atoms with E-state index in [1.54, 1.807) is 6.26 Å². The summed E-state index contributed by atoms with van der Waals surface area (Å²) in [5.41, 5.74) is 8.90. The van der Waals surface area contributed by atoms with Gasteiger partial charge in [-0.05, 0) is 32.4 Å². The molecule has 2 rings (SSSR count). The lowest BCUT2D eigenvalue weighted by molar-refractivity contribution is 0.146. The summed E-state index contributed by atoms with van der Waals surface area (Å²) < 4.78 is 10.8. The van der Waals surface area contributed by atoms with Crippen molar-refractivity contribution >= 4 is 5.96 Å². The summed E-state index contributed by atoms with van der Waals surface area (Å²) in [6.07, 6.45) is 3.29. The Bertz CT molecular complexity index is 635. The second-order valence-corrected chi connectivity index (χ2v) is 5.50. The molecule has 0 saturated carbocycles. The number of nitrogens with one attached hydrogen (secondary N) is 1. The number of hydrogen-bond donors (Lipinski definition) is 2. The van der Waals surface area contributed by atoms with Crippen LogP contribution < -0.4 is 11.1 Å². The molecule has 0 saturated heterocycles. The van der Waals surface area contributed by atoms with Gasteiger partial charge in [-0.2, -0.15) is 0 Å². The lowest BCUT2D eigenvalue weighted by atomic mass is 10.1. The second kappa shape index (κ2) is 9.72. The third-order valence-electron chi connectivity index (χ3n) is 3.47. The summed E-state index contributed by atoms with van der Waals surface area (Å²) >= 11 is 0. The van der Waals surface area contributed by atoms with Gasteiger partial charge >= 0.3 is 0 Å². The minimum atomic E-state index is 0.453. The van der Waals surface area contributed by atoms with Gasteiger partial charge in [-0.25, -0.2) is 4.98 Å². The quantitative estimate of drug-likeness (QED) is 0.419. The van der Waals surface area contributed by atoms with Gasteiger partial charge in [0.15, 0.2) is 5.96 Å². The van der Waals surface area contributed by atoms with E-state index < -0.39 is 0 Å². The maximum atomic E-state index is 5.82. The van der Waals surface area contributed by atoms with Crippen molar-refractivity contribution in [1.82, 2.24) is 10.3 Å². The number of nitrogens with two attached hydrogens (primary N) is 1. The molecule has 0 radical (unpaired) electrons. The summed E-state index contributed by atoms with van der Waals surface area (Å²) in [7, 11) is 0. The van der Waals surface area contributed by atoms with Crippen LogP contribution in [0.5, 0.6) is 0 Å². The van der Waals surface area contributed by atoms with Crippen LogP contribution in [-0.4, -0.2) is 37.2 Å². The number of rotatable bonds is 9. The maximum Gasteiger partial charge on any atom is 0.226 e. The third-order valence-corrected chi connectivity index (χ3v) is 3.47. The molecule has 130 valence electrons. The first-order valence-corrected chi connectivity index (χ1v) is 8.32. The topological polar surface area (TPSA) is 85.7 Å². The standard InChI is InChI=1S/C18H26N4O2/c1-3-23-12-4-10-20-18(19)21-11-9-16-13-24-17(22-16)15-7-5-14(2)6-8-15/h5-8,13H,3-4,9-12H2,1-2H3,(H3,19,20,21). The number of nitrogens with zero attached hydrogens (tertiary/aromatic N) is 2. The summed E-state index contributed by atoms with van der Waals surface area (Å²) in [5, 5.41) is 3.08. The van der Waals surface area contributed by atoms with Gasteiger partial charge in [-0.3, -0.25) is 4.99 Å². The van der Waals surface area contributed by atoms with Gasteiger partial charge in [0.1, 0.15) is 6.26 Å². The number of guanidine groups is 1. The first-order valence-electron chi connectivity index (χ1n) is 8.32. The Hall–Kier alpha value is -2.34. The van der Waals surface area contributed by atoms with E-state index in [2.05, 4.69) is 22.2 Å². The van der Waals surface area contributed by atoms with E-state index in [-0.39, 0.29) is 0 Å². The molecule has 1 aromatic heterocycles. The molecule has 0 bridgehead atoms. The molecule has 0 fully saturated rings. The Labute approximate surface area is 143 Å². The van der Waals surface area contributed by atoms with E-state index in [0.29, 0.717) is 31.5 Å². The highest BCUT2D eigenvalue weighted by atomic mass is 16.5. The van der Waals surface area contributed by atoms with E-state index in [1.807, 2.05) is 31.2 Å². The van der Waals surface area contributed by atoms with Crippen LogP contribution in [0.4, 0.5) is 0 Å². The van der Waals surface area contributed by atoms with Crippen molar-refractivity contribution in [2.45, 2.75) is 26.7 Å². The number of aryl methyl sites for hydroxylation is 1. The van der Waals surface area contributed by atoms with Crippen molar-refractivity contribution in [1.29, 1.82) is 0 Å². The first kappa shape index (κ1) is 18.0. The van der Waals surface area contributed by atoms with Crippen molar-refractivity contribution in [3.63, 3.8) is 0 Å². The number of hydrogen-bond acceptors (Lipinski definition) is 4. The van der Waals surface area contributed by atoms with Gasteiger partial charge in [-0.15, -0.1) is 0 Å². The molecule has 3 N–H and O–H groups in total. The fourth-order valence-corrected chi connectivity index (χ4v) is 2.14. The molecule has 0 amide bonds. The van der Waals surface area contributed by atoms with Gasteiger partial charge < -0.3 is 20.2 Å². The van der Waals surface area contributed by atoms with E-state index >= 15 is 0 Å². The Kier molecular flexibility index (Phi) is 7.29. The fourth-order valence-electron chi connectivity index (χ4n) is 2.14. The molecule has 24 heavy (non-hydrogen) atoms. The van der Waals surface area contributed by atoms with Gasteiger partial charge in [0.05, 0.1) is 5.69 Å². The predicted octanol–water partition coefficient (Wildman–Crippen LogP) is 2.52. The fraction of sp³-hybridized carbons (Fsp3) is 0.444. The second-order valence-electron chi connectivity index (χ2n) is 5.50. The van der Waals surface area contributed by atoms with Gasteiger partial charge in [0.2, 0.25) is 5.89 Å². The van der Waals surface area contributed by atoms with Crippen molar-refractivity contribution in [3.05, 3.63) is 41.8 Å². The van der Waals surface area contributed by atoms with E-state index in [0.717, 1.165) is 30.7 Å². The molecule has 0 unspecified atom stereocenters. The normalized spacial score (nSPS) is 11.7. The Morgan fingerprint density at radius 3 is 2.88 bits per heavy atom. The summed E-state index contributed by atoms with van der Waals surface area (Å²) in [5.74, 6) is 1.09. The van der Waals surface area contributed by atoms with Gasteiger partial charge in [0, 0.05) is 38.3 Å². The lowest BCUT2D eigenvalue weighted by Crippen LogP contribution is -2.33. The monoisotopic (exact) mass is 330 g/mol. The number of benzene rings is 1. The zero-order chi connectivity index (χ0) is 17.2. The minimum absolute atomic E-state index is 0.453. The molecule has 2 aromatic rings. The lowest BCUT2D eigenvalue weighted by Gasteiger charge is -2.04. The van der Waals surface area contributed by atoms with E-state index in [4.69, 9.17) is 14.9 Å². The van der Waals surface area contributed by atoms with Crippen molar-refractivity contribution < 1.29 is 9.15 Å². The highest BCUT2D eigenvalue weighted by Gasteiger charge is 2.06. The van der Waals surface area contributed by atoms with Crippen LogP contribution in [0.25, 0.3) is 11.5 Å². The molecular formula is C18H26N4O2. The van der Waals surface area contributed by atoms with Crippen LogP contribution in [0.1, 0.15) is 24.6 Å². The number of ether oxygens (including phenoxy) is 1. The van der Waals surface area contributed by atoms with Crippen LogP contribution in [0, 0.1) is 6.92 Å². The first-order chi connectivity index (χ1) is 11.7. The van der Waals surface area contributed by atoms with Crippen LogP contribution in [-0.2, 0) is 11.2 Å². The largest absolute Gasteiger partial charge is 0.444 e. The SMILES string of the molecule is CCOCCCN=C(N)NCCc1coc(-c2ccc(C)cc2)n1. The van der Waals surface area contributed by atoms with E-state index in [9.17, 15) is 0 Å². The minimum Gasteiger partial charge on any atom is -0.444 e. The number of aliphatic imine (C=N–C) groups is 1. The Morgan fingerprint density at radius 2 is 2.12 bits per heavy atom. The van der Waals surface area contributed by atoms with Crippen LogP contribution in [0.15, 0.2) is 39.9 Å². The molecular weight excluding hydrogens is 304 g/mol. The van der Waals surface area contributed by atoms with Gasteiger partial charge in [-0.1, -0.05) is 17.7 Å². The zero-order valence-corrected chi connectivity index (χ0v) is 14.4. The Morgan fingerprint density at radius 1 is 1.33 bits per heavy atom. The average molecular weight is 330 g/mol. The maximum absolute atomic E-state index is 5.82. The summed E-state index contributed by atoms with van der Waals surface area (Å²) in [6.45, 7) is 6.82. The number of oxazole rings is 1. The predicted molar refractivity (Wildman–Crippen MR) is 96.0 cm³/mol. The van der Waals surface area contributed by atoms with Crippen molar-refractivity contribution in [3.8, 4) is 11.5 Å². The van der Waals surface area contributed by atoms with Crippen LogP contribution >= 0.6 is 0 Å². The summed E-state index contributed by atoms with van der Waals surface area (Å²) in [6, 6.07) is 8.11. The molecule has 0 spiro atoms. The smallest absolute Gasteiger partial charge is 0.226 e. The molecule has 0 aliphatic rings. The molecule has 6 heteroatoms.